The van der Waals surface area contributed by atoms with E-state index in [0.29, 0.717) is 17.9 Å². The summed E-state index contributed by atoms with van der Waals surface area (Å²) < 4.78 is 39.0. The minimum absolute atomic E-state index is 0.142. The van der Waals surface area contributed by atoms with Crippen LogP contribution in [0.5, 0.6) is 0 Å². The van der Waals surface area contributed by atoms with E-state index < -0.39 is 11.7 Å². The summed E-state index contributed by atoms with van der Waals surface area (Å²) in [6, 6.07) is 4.75. The molecule has 0 aliphatic carbocycles. The smallest absolute Gasteiger partial charge is 0.270 e. The van der Waals surface area contributed by atoms with Crippen molar-refractivity contribution in [1.82, 2.24) is 14.8 Å². The molecule has 0 aliphatic rings. The summed E-state index contributed by atoms with van der Waals surface area (Å²) in [6.07, 6.45) is -2.85. The van der Waals surface area contributed by atoms with Crippen LogP contribution in [0.2, 0.25) is 5.28 Å². The van der Waals surface area contributed by atoms with Gasteiger partial charge in [0.25, 0.3) is 0 Å². The van der Waals surface area contributed by atoms with Crippen molar-refractivity contribution in [2.45, 2.75) is 25.9 Å². The second kappa shape index (κ2) is 5.21. The van der Waals surface area contributed by atoms with E-state index in [4.69, 9.17) is 11.6 Å². The first-order valence-electron chi connectivity index (χ1n) is 5.71. The average Bonchev–Trinajstić information content (AvgIpc) is 2.70. The van der Waals surface area contributed by atoms with E-state index in [-0.39, 0.29) is 5.28 Å². The van der Waals surface area contributed by atoms with E-state index in [1.807, 2.05) is 6.92 Å². The Morgan fingerprint density at radius 3 is 2.32 bits per heavy atom. The number of rotatable bonds is 3. The Bertz CT molecular complexity index is 561. The molecule has 7 heteroatoms. The van der Waals surface area contributed by atoms with E-state index in [0.717, 1.165) is 18.6 Å². The molecule has 0 aliphatic heterocycles. The third-order valence-corrected chi connectivity index (χ3v) is 2.86. The molecule has 0 saturated heterocycles. The SMILES string of the molecule is CCCc1nnc(Cl)n1-c1ccc(C(F)(F)F)cc1. The fraction of sp³-hybridized carbons (Fsp3) is 0.333. The van der Waals surface area contributed by atoms with Crippen molar-refractivity contribution in [1.29, 1.82) is 0 Å². The number of halogens is 4. The van der Waals surface area contributed by atoms with E-state index in [9.17, 15) is 13.2 Å². The minimum atomic E-state index is -4.35. The zero-order valence-corrected chi connectivity index (χ0v) is 10.8. The molecule has 0 atom stereocenters. The van der Waals surface area contributed by atoms with Crippen molar-refractivity contribution < 1.29 is 13.2 Å². The maximum absolute atomic E-state index is 12.5. The predicted octanol–water partition coefficient (Wildman–Crippen LogP) is 3.89. The van der Waals surface area contributed by atoms with Gasteiger partial charge in [-0.25, -0.2) is 0 Å². The predicted molar refractivity (Wildman–Crippen MR) is 65.4 cm³/mol. The lowest BCUT2D eigenvalue weighted by molar-refractivity contribution is -0.137. The van der Waals surface area contributed by atoms with Crippen LogP contribution in [0.25, 0.3) is 5.69 Å². The van der Waals surface area contributed by atoms with Gasteiger partial charge in [-0.3, -0.25) is 4.57 Å². The maximum Gasteiger partial charge on any atom is 0.416 e. The van der Waals surface area contributed by atoms with Crippen LogP contribution in [0.1, 0.15) is 24.7 Å². The van der Waals surface area contributed by atoms with Crippen molar-refractivity contribution in [3.8, 4) is 5.69 Å². The van der Waals surface area contributed by atoms with Gasteiger partial charge in [0.15, 0.2) is 0 Å². The first-order chi connectivity index (χ1) is 8.93. The fourth-order valence-electron chi connectivity index (χ4n) is 1.74. The Morgan fingerprint density at radius 1 is 1.16 bits per heavy atom. The van der Waals surface area contributed by atoms with Crippen molar-refractivity contribution in [2.24, 2.45) is 0 Å². The molecule has 0 saturated carbocycles. The number of hydrogen-bond acceptors (Lipinski definition) is 2. The molecule has 0 spiro atoms. The third kappa shape index (κ3) is 2.89. The summed E-state index contributed by atoms with van der Waals surface area (Å²) >= 11 is 5.91. The Morgan fingerprint density at radius 2 is 1.79 bits per heavy atom. The Labute approximate surface area is 113 Å². The van der Waals surface area contributed by atoms with E-state index in [1.165, 1.54) is 12.1 Å². The third-order valence-electron chi connectivity index (χ3n) is 2.62. The molecular formula is C12H11ClF3N3. The fourth-order valence-corrected chi connectivity index (χ4v) is 1.97. The summed E-state index contributed by atoms with van der Waals surface area (Å²) in [4.78, 5) is 0. The summed E-state index contributed by atoms with van der Waals surface area (Å²) in [7, 11) is 0. The van der Waals surface area contributed by atoms with Gasteiger partial charge in [-0.2, -0.15) is 13.2 Å². The van der Waals surface area contributed by atoms with Crippen LogP contribution < -0.4 is 0 Å². The number of benzene rings is 1. The van der Waals surface area contributed by atoms with Gasteiger partial charge in [-0.15, -0.1) is 10.2 Å². The molecule has 3 nitrogen and oxygen atoms in total. The highest BCUT2D eigenvalue weighted by Gasteiger charge is 2.30. The van der Waals surface area contributed by atoms with Crippen LogP contribution >= 0.6 is 11.6 Å². The molecule has 19 heavy (non-hydrogen) atoms. The standard InChI is InChI=1S/C12H11ClF3N3/c1-2-3-10-17-18-11(13)19(10)9-6-4-8(5-7-9)12(14,15)16/h4-7H,2-3H2,1H3. The zero-order valence-electron chi connectivity index (χ0n) is 10.1. The quantitative estimate of drug-likeness (QED) is 0.858. The van der Waals surface area contributed by atoms with Crippen molar-refractivity contribution in [3.63, 3.8) is 0 Å². The lowest BCUT2D eigenvalue weighted by Gasteiger charge is -2.10. The first kappa shape index (κ1) is 13.9. The molecule has 102 valence electrons. The molecule has 0 unspecified atom stereocenters. The van der Waals surface area contributed by atoms with Crippen LogP contribution in [0.3, 0.4) is 0 Å². The van der Waals surface area contributed by atoms with Crippen molar-refractivity contribution in [2.75, 3.05) is 0 Å². The zero-order chi connectivity index (χ0) is 14.0. The summed E-state index contributed by atoms with van der Waals surface area (Å²) in [6.45, 7) is 1.97. The Balaban J connectivity index is 2.40. The van der Waals surface area contributed by atoms with Gasteiger partial charge in [-0.05, 0) is 42.3 Å². The largest absolute Gasteiger partial charge is 0.416 e. The molecule has 0 bridgehead atoms. The summed E-state index contributed by atoms with van der Waals surface area (Å²) in [5, 5.41) is 7.79. The van der Waals surface area contributed by atoms with E-state index >= 15 is 0 Å². The number of aryl methyl sites for hydroxylation is 1. The van der Waals surface area contributed by atoms with Crippen LogP contribution in [-0.4, -0.2) is 14.8 Å². The van der Waals surface area contributed by atoms with Gasteiger partial charge in [0, 0.05) is 12.1 Å². The van der Waals surface area contributed by atoms with Crippen LogP contribution in [-0.2, 0) is 12.6 Å². The molecule has 0 amide bonds. The van der Waals surface area contributed by atoms with E-state index in [1.54, 1.807) is 4.57 Å². The second-order valence-electron chi connectivity index (χ2n) is 4.02. The van der Waals surface area contributed by atoms with E-state index in [2.05, 4.69) is 10.2 Å². The average molecular weight is 290 g/mol. The normalized spacial score (nSPS) is 11.8. The number of alkyl halides is 3. The lowest BCUT2D eigenvalue weighted by Crippen LogP contribution is -2.06. The maximum atomic E-state index is 12.5. The van der Waals surface area contributed by atoms with Crippen molar-refractivity contribution in [3.05, 3.63) is 40.9 Å². The molecular weight excluding hydrogens is 279 g/mol. The molecule has 0 N–H and O–H groups in total. The number of hydrogen-bond donors (Lipinski definition) is 0. The van der Waals surface area contributed by atoms with Crippen LogP contribution in [0.4, 0.5) is 13.2 Å². The van der Waals surface area contributed by atoms with Gasteiger partial charge in [0.2, 0.25) is 5.28 Å². The van der Waals surface area contributed by atoms with Gasteiger partial charge >= 0.3 is 6.18 Å². The molecule has 1 aromatic carbocycles. The second-order valence-corrected chi connectivity index (χ2v) is 4.35. The van der Waals surface area contributed by atoms with Gasteiger partial charge in [0.1, 0.15) is 5.82 Å². The monoisotopic (exact) mass is 289 g/mol. The van der Waals surface area contributed by atoms with Gasteiger partial charge in [0.05, 0.1) is 5.56 Å². The highest BCUT2D eigenvalue weighted by Crippen LogP contribution is 2.30. The molecule has 2 rings (SSSR count). The highest BCUT2D eigenvalue weighted by molar-refractivity contribution is 6.28. The molecule has 0 fully saturated rings. The Hall–Kier alpha value is -1.56. The Kier molecular flexibility index (Phi) is 3.80. The number of nitrogens with zero attached hydrogens (tertiary/aromatic N) is 3. The molecule has 0 radical (unpaired) electrons. The topological polar surface area (TPSA) is 30.7 Å². The van der Waals surface area contributed by atoms with Crippen molar-refractivity contribution >= 4 is 11.6 Å². The highest BCUT2D eigenvalue weighted by atomic mass is 35.5. The van der Waals surface area contributed by atoms with Gasteiger partial charge in [-0.1, -0.05) is 6.92 Å². The number of aromatic nitrogens is 3. The lowest BCUT2D eigenvalue weighted by atomic mass is 10.2. The first-order valence-corrected chi connectivity index (χ1v) is 6.08. The molecule has 2 aromatic rings. The minimum Gasteiger partial charge on any atom is -0.270 e. The molecule has 1 heterocycles. The summed E-state index contributed by atoms with van der Waals surface area (Å²) in [5.41, 5.74) is -0.177. The van der Waals surface area contributed by atoms with Crippen LogP contribution in [0, 0.1) is 0 Å². The molecule has 1 aromatic heterocycles. The summed E-state index contributed by atoms with van der Waals surface area (Å²) in [5.74, 6) is 0.632. The van der Waals surface area contributed by atoms with Crippen LogP contribution in [0.15, 0.2) is 24.3 Å². The van der Waals surface area contributed by atoms with Gasteiger partial charge < -0.3 is 0 Å².